The van der Waals surface area contributed by atoms with Gasteiger partial charge in [0.15, 0.2) is 0 Å². The van der Waals surface area contributed by atoms with Gasteiger partial charge in [-0.15, -0.1) is 0 Å². The maximum Gasteiger partial charge on any atom is 0.273 e. The summed E-state index contributed by atoms with van der Waals surface area (Å²) in [7, 11) is 0. The SMILES string of the molecule is N#CC(NC(=O)c1cc(F)cc([N+](=O)[O-])c1)C1CC1. The van der Waals surface area contributed by atoms with Crippen LogP contribution in [0.2, 0.25) is 0 Å². The Bertz CT molecular complexity index is 578. The van der Waals surface area contributed by atoms with Gasteiger partial charge in [-0.1, -0.05) is 0 Å². The van der Waals surface area contributed by atoms with Crippen LogP contribution in [0.25, 0.3) is 0 Å². The number of nitro benzene ring substituents is 1. The van der Waals surface area contributed by atoms with Crippen LogP contribution in [0.5, 0.6) is 0 Å². The predicted octanol–water partition coefficient (Wildman–Crippen LogP) is 1.77. The molecule has 6 nitrogen and oxygen atoms in total. The van der Waals surface area contributed by atoms with E-state index < -0.39 is 28.4 Å². The number of nitro groups is 1. The Hall–Kier alpha value is -2.49. The van der Waals surface area contributed by atoms with Gasteiger partial charge in [0.25, 0.3) is 11.6 Å². The van der Waals surface area contributed by atoms with E-state index in [1.807, 2.05) is 6.07 Å². The Kier molecular flexibility index (Phi) is 3.42. The zero-order valence-electron chi connectivity index (χ0n) is 9.80. The minimum absolute atomic E-state index is 0.123. The van der Waals surface area contributed by atoms with Gasteiger partial charge in [0, 0.05) is 11.6 Å². The molecule has 1 amide bonds. The number of hydrogen-bond acceptors (Lipinski definition) is 4. The summed E-state index contributed by atoms with van der Waals surface area (Å²) in [6, 6.07) is 3.96. The van der Waals surface area contributed by atoms with E-state index in [-0.39, 0.29) is 11.5 Å². The first-order valence-electron chi connectivity index (χ1n) is 5.66. The zero-order valence-corrected chi connectivity index (χ0v) is 9.80. The summed E-state index contributed by atoms with van der Waals surface area (Å²) < 4.78 is 13.2. The number of nitriles is 1. The van der Waals surface area contributed by atoms with Gasteiger partial charge in [-0.05, 0) is 24.8 Å². The van der Waals surface area contributed by atoms with Gasteiger partial charge < -0.3 is 5.32 Å². The fraction of sp³-hybridized carbons (Fsp3) is 0.333. The van der Waals surface area contributed by atoms with Gasteiger partial charge in [0.2, 0.25) is 0 Å². The number of halogens is 1. The third-order valence-electron chi connectivity index (χ3n) is 2.87. The molecule has 0 heterocycles. The average molecular weight is 263 g/mol. The Balaban J connectivity index is 2.18. The molecule has 19 heavy (non-hydrogen) atoms. The van der Waals surface area contributed by atoms with E-state index in [1.54, 1.807) is 0 Å². The van der Waals surface area contributed by atoms with Gasteiger partial charge in [0.05, 0.1) is 17.1 Å². The molecule has 98 valence electrons. The summed E-state index contributed by atoms with van der Waals surface area (Å²) in [6.07, 6.45) is 1.73. The number of nitrogens with one attached hydrogen (secondary N) is 1. The Morgan fingerprint density at radius 3 is 2.74 bits per heavy atom. The molecule has 2 rings (SSSR count). The number of nitrogens with zero attached hydrogens (tertiary/aromatic N) is 2. The highest BCUT2D eigenvalue weighted by molar-refractivity contribution is 5.95. The molecule has 1 saturated carbocycles. The maximum absolute atomic E-state index is 13.2. The van der Waals surface area contributed by atoms with Crippen LogP contribution in [0.3, 0.4) is 0 Å². The molecule has 1 atom stereocenters. The fourth-order valence-electron chi connectivity index (χ4n) is 1.72. The third kappa shape index (κ3) is 3.04. The van der Waals surface area contributed by atoms with E-state index in [2.05, 4.69) is 5.32 Å². The molecule has 1 aliphatic carbocycles. The first-order chi connectivity index (χ1) is 9.01. The smallest absolute Gasteiger partial charge is 0.273 e. The number of amides is 1. The summed E-state index contributed by atoms with van der Waals surface area (Å²) in [6.45, 7) is 0. The van der Waals surface area contributed by atoms with Gasteiger partial charge in [-0.25, -0.2) is 4.39 Å². The van der Waals surface area contributed by atoms with Crippen molar-refractivity contribution in [1.29, 1.82) is 5.26 Å². The van der Waals surface area contributed by atoms with Crippen molar-refractivity contribution in [2.24, 2.45) is 5.92 Å². The predicted molar refractivity (Wildman–Crippen MR) is 62.6 cm³/mol. The van der Waals surface area contributed by atoms with Crippen LogP contribution in [0.1, 0.15) is 23.2 Å². The Morgan fingerprint density at radius 1 is 1.53 bits per heavy atom. The minimum Gasteiger partial charge on any atom is -0.336 e. The molecule has 0 spiro atoms. The molecule has 1 N–H and O–H groups in total. The van der Waals surface area contributed by atoms with Crippen molar-refractivity contribution >= 4 is 11.6 Å². The highest BCUT2D eigenvalue weighted by Gasteiger charge is 2.32. The second kappa shape index (κ2) is 5.02. The van der Waals surface area contributed by atoms with Crippen molar-refractivity contribution < 1.29 is 14.1 Å². The van der Waals surface area contributed by atoms with Crippen LogP contribution in [-0.2, 0) is 0 Å². The first-order valence-corrected chi connectivity index (χ1v) is 5.66. The highest BCUT2D eigenvalue weighted by Crippen LogP contribution is 2.32. The van der Waals surface area contributed by atoms with Gasteiger partial charge in [-0.3, -0.25) is 14.9 Å². The fourth-order valence-corrected chi connectivity index (χ4v) is 1.72. The van der Waals surface area contributed by atoms with E-state index in [0.717, 1.165) is 31.0 Å². The van der Waals surface area contributed by atoms with Crippen LogP contribution >= 0.6 is 0 Å². The number of rotatable bonds is 4. The molecule has 0 aromatic heterocycles. The van der Waals surface area contributed by atoms with Gasteiger partial charge in [0.1, 0.15) is 11.9 Å². The number of hydrogen-bond donors (Lipinski definition) is 1. The van der Waals surface area contributed by atoms with Crippen molar-refractivity contribution in [1.82, 2.24) is 5.32 Å². The van der Waals surface area contributed by atoms with Gasteiger partial charge in [-0.2, -0.15) is 5.26 Å². The summed E-state index contributed by atoms with van der Waals surface area (Å²) in [5.74, 6) is -1.42. The van der Waals surface area contributed by atoms with Crippen molar-refractivity contribution in [2.75, 3.05) is 0 Å². The normalized spacial score (nSPS) is 15.4. The van der Waals surface area contributed by atoms with Crippen molar-refractivity contribution in [3.05, 3.63) is 39.7 Å². The molecule has 1 aliphatic rings. The van der Waals surface area contributed by atoms with Crippen molar-refractivity contribution in [3.63, 3.8) is 0 Å². The monoisotopic (exact) mass is 263 g/mol. The lowest BCUT2D eigenvalue weighted by Crippen LogP contribution is -2.35. The molecule has 0 bridgehead atoms. The minimum atomic E-state index is -0.862. The van der Waals surface area contributed by atoms with E-state index in [9.17, 15) is 19.3 Å². The summed E-state index contributed by atoms with van der Waals surface area (Å²) >= 11 is 0. The number of carbonyl (C=O) groups excluding carboxylic acids is 1. The molecular formula is C12H10FN3O3. The summed E-state index contributed by atoms with van der Waals surface area (Å²) in [5, 5.41) is 21.9. The second-order valence-corrected chi connectivity index (χ2v) is 4.37. The van der Waals surface area contributed by atoms with E-state index >= 15 is 0 Å². The standard InChI is InChI=1S/C12H10FN3O3/c13-9-3-8(4-10(5-9)16(18)19)12(17)15-11(6-14)7-1-2-7/h3-5,7,11H,1-2H2,(H,15,17). The number of non-ortho nitro benzene ring substituents is 1. The quantitative estimate of drug-likeness (QED) is 0.661. The van der Waals surface area contributed by atoms with Crippen molar-refractivity contribution in [3.8, 4) is 6.07 Å². The van der Waals surface area contributed by atoms with Crippen LogP contribution in [0.15, 0.2) is 18.2 Å². The lowest BCUT2D eigenvalue weighted by Gasteiger charge is -2.10. The molecular weight excluding hydrogens is 253 g/mol. The van der Waals surface area contributed by atoms with Crippen molar-refractivity contribution in [2.45, 2.75) is 18.9 Å². The molecule has 0 aliphatic heterocycles. The van der Waals surface area contributed by atoms with E-state index in [0.29, 0.717) is 0 Å². The van der Waals surface area contributed by atoms with Gasteiger partial charge >= 0.3 is 0 Å². The largest absolute Gasteiger partial charge is 0.336 e. The van der Waals surface area contributed by atoms with Crippen LogP contribution in [0, 0.1) is 33.2 Å². The molecule has 0 radical (unpaired) electrons. The maximum atomic E-state index is 13.2. The third-order valence-corrected chi connectivity index (χ3v) is 2.87. The lowest BCUT2D eigenvalue weighted by atomic mass is 10.1. The molecule has 1 aromatic carbocycles. The van der Waals surface area contributed by atoms with Crippen LogP contribution < -0.4 is 5.32 Å². The highest BCUT2D eigenvalue weighted by atomic mass is 19.1. The van der Waals surface area contributed by atoms with Crippen LogP contribution in [-0.4, -0.2) is 16.9 Å². The number of benzene rings is 1. The first kappa shape index (κ1) is 13.0. The summed E-state index contributed by atoms with van der Waals surface area (Å²) in [4.78, 5) is 21.6. The topological polar surface area (TPSA) is 96.0 Å². The van der Waals surface area contributed by atoms with E-state index in [4.69, 9.17) is 5.26 Å². The molecule has 1 aromatic rings. The second-order valence-electron chi connectivity index (χ2n) is 4.37. The Morgan fingerprint density at radius 2 is 2.21 bits per heavy atom. The average Bonchev–Trinajstić information content (AvgIpc) is 3.19. The molecule has 7 heteroatoms. The molecule has 1 fully saturated rings. The number of carbonyl (C=O) groups is 1. The zero-order chi connectivity index (χ0) is 14.0. The Labute approximate surface area is 108 Å². The van der Waals surface area contributed by atoms with E-state index in [1.165, 1.54) is 0 Å². The lowest BCUT2D eigenvalue weighted by molar-refractivity contribution is -0.385. The molecule has 1 unspecified atom stereocenters. The summed E-state index contributed by atoms with van der Waals surface area (Å²) in [5.41, 5.74) is -0.655. The molecule has 0 saturated heterocycles. The van der Waals surface area contributed by atoms with Crippen LogP contribution in [0.4, 0.5) is 10.1 Å².